The first kappa shape index (κ1) is 12.3. The lowest BCUT2D eigenvalue weighted by molar-refractivity contribution is 1.13. The molecule has 2 heterocycles. The van der Waals surface area contributed by atoms with Crippen LogP contribution in [0.2, 0.25) is 0 Å². The number of rotatable bonds is 1. The second-order valence-electron chi connectivity index (χ2n) is 4.84. The van der Waals surface area contributed by atoms with Gasteiger partial charge in [-0.1, -0.05) is 5.92 Å². The number of benzene rings is 1. The van der Waals surface area contributed by atoms with E-state index >= 15 is 0 Å². The van der Waals surface area contributed by atoms with Gasteiger partial charge < -0.3 is 9.88 Å². The van der Waals surface area contributed by atoms with Gasteiger partial charge in [-0.2, -0.15) is 0 Å². The van der Waals surface area contributed by atoms with Crippen molar-refractivity contribution in [1.82, 2.24) is 9.97 Å². The van der Waals surface area contributed by atoms with E-state index in [1.54, 1.807) is 6.20 Å². The molecule has 3 nitrogen and oxygen atoms in total. The minimum absolute atomic E-state index is 0.907. The SMILES string of the molecule is CN(C)c1ccc(C#Cc2cc3ccncc3[nH]2)cc1. The van der Waals surface area contributed by atoms with E-state index in [0.717, 1.165) is 22.2 Å². The predicted molar refractivity (Wildman–Crippen MR) is 82.8 cm³/mol. The van der Waals surface area contributed by atoms with Crippen LogP contribution in [0.3, 0.4) is 0 Å². The van der Waals surface area contributed by atoms with Crippen LogP contribution in [0.4, 0.5) is 5.69 Å². The summed E-state index contributed by atoms with van der Waals surface area (Å²) in [5, 5.41) is 1.13. The minimum Gasteiger partial charge on any atom is -0.378 e. The van der Waals surface area contributed by atoms with Crippen molar-refractivity contribution < 1.29 is 0 Å². The second kappa shape index (κ2) is 5.10. The van der Waals surface area contributed by atoms with Gasteiger partial charge in [0.25, 0.3) is 0 Å². The maximum atomic E-state index is 4.09. The van der Waals surface area contributed by atoms with Crippen LogP contribution >= 0.6 is 0 Å². The summed E-state index contributed by atoms with van der Waals surface area (Å²) in [5.74, 6) is 6.32. The summed E-state index contributed by atoms with van der Waals surface area (Å²) < 4.78 is 0. The summed E-state index contributed by atoms with van der Waals surface area (Å²) in [6.45, 7) is 0. The van der Waals surface area contributed by atoms with E-state index in [1.807, 2.05) is 44.6 Å². The fourth-order valence-electron chi connectivity index (χ4n) is 2.02. The van der Waals surface area contributed by atoms with Crippen LogP contribution in [0.1, 0.15) is 11.3 Å². The normalized spacial score (nSPS) is 10.1. The molecule has 0 aliphatic carbocycles. The summed E-state index contributed by atoms with van der Waals surface area (Å²) in [7, 11) is 4.05. The van der Waals surface area contributed by atoms with Crippen molar-refractivity contribution in [1.29, 1.82) is 0 Å². The molecule has 0 unspecified atom stereocenters. The molecule has 0 saturated carbocycles. The smallest absolute Gasteiger partial charge is 0.0908 e. The zero-order valence-electron chi connectivity index (χ0n) is 11.5. The molecule has 0 saturated heterocycles. The number of nitrogens with zero attached hydrogens (tertiary/aromatic N) is 2. The van der Waals surface area contributed by atoms with Crippen molar-refractivity contribution >= 4 is 16.6 Å². The van der Waals surface area contributed by atoms with Gasteiger partial charge in [-0.15, -0.1) is 0 Å². The van der Waals surface area contributed by atoms with E-state index < -0.39 is 0 Å². The van der Waals surface area contributed by atoms with Gasteiger partial charge in [0.2, 0.25) is 0 Å². The van der Waals surface area contributed by atoms with Crippen LogP contribution in [0.25, 0.3) is 10.9 Å². The standard InChI is InChI=1S/C17H15N3/c1-20(2)16-7-4-13(5-8-16)3-6-15-11-14-9-10-18-12-17(14)19-15/h4-5,7-12,19H,1-2H3. The lowest BCUT2D eigenvalue weighted by Gasteiger charge is -2.11. The molecule has 0 amide bonds. The van der Waals surface area contributed by atoms with E-state index in [2.05, 4.69) is 38.8 Å². The fraction of sp³-hybridized carbons (Fsp3) is 0.118. The highest BCUT2D eigenvalue weighted by Gasteiger charge is 1.97. The van der Waals surface area contributed by atoms with Gasteiger partial charge in [0.15, 0.2) is 0 Å². The Morgan fingerprint density at radius 3 is 2.55 bits per heavy atom. The summed E-state index contributed by atoms with van der Waals surface area (Å²) >= 11 is 0. The third-order valence-corrected chi connectivity index (χ3v) is 3.15. The quantitative estimate of drug-likeness (QED) is 0.683. The summed E-state index contributed by atoms with van der Waals surface area (Å²) in [4.78, 5) is 9.41. The van der Waals surface area contributed by atoms with E-state index in [9.17, 15) is 0 Å². The van der Waals surface area contributed by atoms with E-state index in [-0.39, 0.29) is 0 Å². The number of H-pyrrole nitrogens is 1. The summed E-state index contributed by atoms with van der Waals surface area (Å²) in [5.41, 5.74) is 4.10. The van der Waals surface area contributed by atoms with Gasteiger partial charge in [-0.05, 0) is 42.3 Å². The van der Waals surface area contributed by atoms with E-state index in [0.29, 0.717) is 0 Å². The van der Waals surface area contributed by atoms with Gasteiger partial charge in [0.05, 0.1) is 17.4 Å². The van der Waals surface area contributed by atoms with Crippen LogP contribution in [-0.2, 0) is 0 Å². The number of pyridine rings is 1. The minimum atomic E-state index is 0.907. The van der Waals surface area contributed by atoms with Gasteiger partial charge in [-0.25, -0.2) is 0 Å². The second-order valence-corrected chi connectivity index (χ2v) is 4.84. The molecule has 3 heteroatoms. The lowest BCUT2D eigenvalue weighted by atomic mass is 10.2. The Morgan fingerprint density at radius 2 is 1.85 bits per heavy atom. The Morgan fingerprint density at radius 1 is 1.05 bits per heavy atom. The van der Waals surface area contributed by atoms with Crippen molar-refractivity contribution in [2.45, 2.75) is 0 Å². The zero-order chi connectivity index (χ0) is 13.9. The number of aromatic nitrogens is 2. The molecule has 3 rings (SSSR count). The Labute approximate surface area is 118 Å². The largest absolute Gasteiger partial charge is 0.378 e. The predicted octanol–water partition coefficient (Wildman–Crippen LogP) is 3.03. The zero-order valence-corrected chi connectivity index (χ0v) is 11.5. The third-order valence-electron chi connectivity index (χ3n) is 3.15. The molecule has 0 fully saturated rings. The summed E-state index contributed by atoms with van der Waals surface area (Å²) in [6.07, 6.45) is 3.60. The molecule has 20 heavy (non-hydrogen) atoms. The molecular formula is C17H15N3. The highest BCUT2D eigenvalue weighted by atomic mass is 15.1. The van der Waals surface area contributed by atoms with E-state index in [4.69, 9.17) is 0 Å². The Balaban J connectivity index is 1.87. The molecule has 0 spiro atoms. The molecule has 3 aromatic rings. The van der Waals surface area contributed by atoms with Gasteiger partial charge >= 0.3 is 0 Å². The Hall–Kier alpha value is -2.73. The molecule has 1 aromatic carbocycles. The number of nitrogens with one attached hydrogen (secondary N) is 1. The molecule has 0 aliphatic heterocycles. The average Bonchev–Trinajstić information content (AvgIpc) is 2.88. The lowest BCUT2D eigenvalue weighted by Crippen LogP contribution is -2.07. The van der Waals surface area contributed by atoms with Crippen molar-refractivity contribution in [3.8, 4) is 11.8 Å². The molecule has 2 aromatic heterocycles. The van der Waals surface area contributed by atoms with Crippen molar-refractivity contribution in [2.24, 2.45) is 0 Å². The molecule has 0 radical (unpaired) electrons. The first-order valence-electron chi connectivity index (χ1n) is 6.44. The van der Waals surface area contributed by atoms with Crippen LogP contribution in [-0.4, -0.2) is 24.1 Å². The number of hydrogen-bond acceptors (Lipinski definition) is 2. The van der Waals surface area contributed by atoms with Crippen molar-refractivity contribution in [3.63, 3.8) is 0 Å². The summed E-state index contributed by atoms with van der Waals surface area (Å²) in [6, 6.07) is 12.2. The maximum Gasteiger partial charge on any atom is 0.0908 e. The van der Waals surface area contributed by atoms with Crippen molar-refractivity contribution in [2.75, 3.05) is 19.0 Å². The van der Waals surface area contributed by atoms with Crippen LogP contribution in [0.15, 0.2) is 48.8 Å². The Kier molecular flexibility index (Phi) is 3.14. The third kappa shape index (κ3) is 2.50. The number of aromatic amines is 1. The monoisotopic (exact) mass is 261 g/mol. The van der Waals surface area contributed by atoms with Gasteiger partial charge in [-0.3, -0.25) is 4.98 Å². The molecule has 1 N–H and O–H groups in total. The van der Waals surface area contributed by atoms with Gasteiger partial charge in [0.1, 0.15) is 0 Å². The Bertz CT molecular complexity index is 753. The fourth-order valence-corrected chi connectivity index (χ4v) is 2.02. The molecule has 98 valence electrons. The van der Waals surface area contributed by atoms with Crippen LogP contribution in [0.5, 0.6) is 0 Å². The molecule has 0 atom stereocenters. The van der Waals surface area contributed by atoms with Crippen LogP contribution < -0.4 is 4.90 Å². The van der Waals surface area contributed by atoms with Crippen LogP contribution in [0, 0.1) is 11.8 Å². The topological polar surface area (TPSA) is 31.9 Å². The number of hydrogen-bond donors (Lipinski definition) is 1. The highest BCUT2D eigenvalue weighted by Crippen LogP contribution is 2.13. The van der Waals surface area contributed by atoms with Gasteiger partial charge in [0, 0.05) is 36.9 Å². The molecule has 0 bridgehead atoms. The first-order valence-corrected chi connectivity index (χ1v) is 6.44. The first-order chi connectivity index (χ1) is 9.72. The number of anilines is 1. The van der Waals surface area contributed by atoms with Crippen molar-refractivity contribution in [3.05, 3.63) is 60.0 Å². The maximum absolute atomic E-state index is 4.09. The molecular weight excluding hydrogens is 246 g/mol. The number of fused-ring (bicyclic) bond motifs is 1. The highest BCUT2D eigenvalue weighted by molar-refractivity contribution is 5.80. The molecule has 0 aliphatic rings. The van der Waals surface area contributed by atoms with E-state index in [1.165, 1.54) is 5.69 Å². The average molecular weight is 261 g/mol.